The van der Waals surface area contributed by atoms with Crippen LogP contribution in [0.25, 0.3) is 0 Å². The SMILES string of the molecule is C=C(C)C(=O)OCCCCCCCC(C)CCC(C)CC. The van der Waals surface area contributed by atoms with Crippen molar-refractivity contribution in [2.75, 3.05) is 6.61 Å². The molecule has 0 aromatic rings. The normalized spacial score (nSPS) is 13.7. The fourth-order valence-electron chi connectivity index (χ4n) is 2.33. The summed E-state index contributed by atoms with van der Waals surface area (Å²) in [6.45, 7) is 12.8. The number of hydrogen-bond donors (Lipinski definition) is 0. The molecule has 2 heteroatoms. The minimum atomic E-state index is -0.259. The molecule has 0 aromatic carbocycles. The molecular formula is C19H36O2. The van der Waals surface area contributed by atoms with Gasteiger partial charge in [0.25, 0.3) is 0 Å². The molecule has 2 atom stereocenters. The van der Waals surface area contributed by atoms with Crippen LogP contribution in [-0.4, -0.2) is 12.6 Å². The Kier molecular flexibility index (Phi) is 12.4. The number of rotatable bonds is 13. The zero-order valence-corrected chi connectivity index (χ0v) is 14.7. The lowest BCUT2D eigenvalue weighted by atomic mass is 9.93. The predicted molar refractivity (Wildman–Crippen MR) is 91.3 cm³/mol. The van der Waals surface area contributed by atoms with Gasteiger partial charge in [0.2, 0.25) is 0 Å². The third kappa shape index (κ3) is 12.6. The summed E-state index contributed by atoms with van der Waals surface area (Å²) in [6.07, 6.45) is 11.5. The smallest absolute Gasteiger partial charge is 0.333 e. The van der Waals surface area contributed by atoms with Crippen molar-refractivity contribution in [3.63, 3.8) is 0 Å². The first-order valence-electron chi connectivity index (χ1n) is 8.80. The Labute approximate surface area is 132 Å². The monoisotopic (exact) mass is 296 g/mol. The van der Waals surface area contributed by atoms with Crippen LogP contribution in [0.3, 0.4) is 0 Å². The fraction of sp³-hybridized carbons (Fsp3) is 0.842. The van der Waals surface area contributed by atoms with Gasteiger partial charge >= 0.3 is 5.97 Å². The molecule has 0 aliphatic carbocycles. The fourth-order valence-corrected chi connectivity index (χ4v) is 2.33. The van der Waals surface area contributed by atoms with Crippen molar-refractivity contribution < 1.29 is 9.53 Å². The highest BCUT2D eigenvalue weighted by Gasteiger charge is 2.05. The summed E-state index contributed by atoms with van der Waals surface area (Å²) in [7, 11) is 0. The van der Waals surface area contributed by atoms with E-state index in [2.05, 4.69) is 27.4 Å². The van der Waals surface area contributed by atoms with E-state index >= 15 is 0 Å². The van der Waals surface area contributed by atoms with E-state index in [0.29, 0.717) is 12.2 Å². The average molecular weight is 296 g/mol. The van der Waals surface area contributed by atoms with Crippen LogP contribution in [0.1, 0.15) is 85.5 Å². The molecule has 0 N–H and O–H groups in total. The predicted octanol–water partition coefficient (Wildman–Crippen LogP) is 5.91. The average Bonchev–Trinajstić information content (AvgIpc) is 2.46. The number of unbranched alkanes of at least 4 members (excludes halogenated alkanes) is 4. The Morgan fingerprint density at radius 2 is 1.52 bits per heavy atom. The van der Waals surface area contributed by atoms with Crippen molar-refractivity contribution >= 4 is 5.97 Å². The highest BCUT2D eigenvalue weighted by Crippen LogP contribution is 2.19. The molecule has 0 aromatic heterocycles. The van der Waals surface area contributed by atoms with E-state index in [1.807, 2.05) is 0 Å². The van der Waals surface area contributed by atoms with Crippen LogP contribution in [0.15, 0.2) is 12.2 Å². The van der Waals surface area contributed by atoms with Gasteiger partial charge in [-0.2, -0.15) is 0 Å². The van der Waals surface area contributed by atoms with E-state index in [0.717, 1.165) is 24.7 Å². The van der Waals surface area contributed by atoms with E-state index in [-0.39, 0.29) is 5.97 Å². The Hall–Kier alpha value is -0.790. The first kappa shape index (κ1) is 20.2. The molecule has 2 unspecified atom stereocenters. The summed E-state index contributed by atoms with van der Waals surface area (Å²) < 4.78 is 5.07. The first-order chi connectivity index (χ1) is 9.97. The van der Waals surface area contributed by atoms with Crippen LogP contribution < -0.4 is 0 Å². The van der Waals surface area contributed by atoms with E-state index in [9.17, 15) is 4.79 Å². The molecule has 124 valence electrons. The van der Waals surface area contributed by atoms with E-state index in [4.69, 9.17) is 4.74 Å². The summed E-state index contributed by atoms with van der Waals surface area (Å²) in [6, 6.07) is 0. The van der Waals surface area contributed by atoms with Crippen LogP contribution in [0.4, 0.5) is 0 Å². The summed E-state index contributed by atoms with van der Waals surface area (Å²) in [5.74, 6) is 1.50. The van der Waals surface area contributed by atoms with Crippen molar-refractivity contribution in [2.24, 2.45) is 11.8 Å². The van der Waals surface area contributed by atoms with Gasteiger partial charge in [0.05, 0.1) is 6.61 Å². The highest BCUT2D eigenvalue weighted by molar-refractivity contribution is 5.86. The lowest BCUT2D eigenvalue weighted by Crippen LogP contribution is -2.06. The topological polar surface area (TPSA) is 26.3 Å². The van der Waals surface area contributed by atoms with Gasteiger partial charge in [-0.15, -0.1) is 0 Å². The lowest BCUT2D eigenvalue weighted by Gasteiger charge is -2.14. The van der Waals surface area contributed by atoms with Gasteiger partial charge in [0.1, 0.15) is 0 Å². The molecule has 0 saturated carbocycles. The van der Waals surface area contributed by atoms with Gasteiger partial charge in [-0.25, -0.2) is 4.79 Å². The maximum Gasteiger partial charge on any atom is 0.333 e. The molecule has 0 aliphatic rings. The highest BCUT2D eigenvalue weighted by atomic mass is 16.5. The van der Waals surface area contributed by atoms with Crippen LogP contribution in [0.2, 0.25) is 0 Å². The van der Waals surface area contributed by atoms with Crippen molar-refractivity contribution in [2.45, 2.75) is 85.5 Å². The zero-order chi connectivity index (χ0) is 16.1. The summed E-state index contributed by atoms with van der Waals surface area (Å²) >= 11 is 0. The van der Waals surface area contributed by atoms with Crippen molar-refractivity contribution in [1.82, 2.24) is 0 Å². The molecule has 0 aliphatic heterocycles. The second kappa shape index (κ2) is 12.9. The Balaban J connectivity index is 3.32. The summed E-state index contributed by atoms with van der Waals surface area (Å²) in [5, 5.41) is 0. The Morgan fingerprint density at radius 3 is 2.14 bits per heavy atom. The second-order valence-electron chi connectivity index (χ2n) is 6.67. The minimum absolute atomic E-state index is 0.259. The molecule has 2 nitrogen and oxygen atoms in total. The molecule has 0 bridgehead atoms. The minimum Gasteiger partial charge on any atom is -0.462 e. The van der Waals surface area contributed by atoms with Gasteiger partial charge in [-0.3, -0.25) is 0 Å². The first-order valence-corrected chi connectivity index (χ1v) is 8.80. The standard InChI is InChI=1S/C19H36O2/c1-6-17(4)13-14-18(5)12-10-8-7-9-11-15-21-19(20)16(2)3/h17-18H,2,6-15H2,1,3-5H3. The maximum absolute atomic E-state index is 11.2. The van der Waals surface area contributed by atoms with Gasteiger partial charge < -0.3 is 4.74 Å². The molecule has 0 saturated heterocycles. The molecule has 0 spiro atoms. The second-order valence-corrected chi connectivity index (χ2v) is 6.67. The number of carbonyl (C=O) groups is 1. The molecule has 0 radical (unpaired) electrons. The Bertz CT molecular complexity index is 283. The van der Waals surface area contributed by atoms with Crippen molar-refractivity contribution in [1.29, 1.82) is 0 Å². The van der Waals surface area contributed by atoms with Gasteiger partial charge in [0, 0.05) is 5.57 Å². The van der Waals surface area contributed by atoms with Crippen LogP contribution in [0.5, 0.6) is 0 Å². The molecule has 0 amide bonds. The Morgan fingerprint density at radius 1 is 0.952 bits per heavy atom. The molecule has 21 heavy (non-hydrogen) atoms. The third-order valence-corrected chi connectivity index (χ3v) is 4.27. The zero-order valence-electron chi connectivity index (χ0n) is 14.7. The summed E-state index contributed by atoms with van der Waals surface area (Å²) in [5.41, 5.74) is 0.487. The van der Waals surface area contributed by atoms with Crippen molar-refractivity contribution in [3.05, 3.63) is 12.2 Å². The molecular weight excluding hydrogens is 260 g/mol. The number of ether oxygens (including phenoxy) is 1. The van der Waals surface area contributed by atoms with Crippen LogP contribution in [0, 0.1) is 11.8 Å². The number of hydrogen-bond acceptors (Lipinski definition) is 2. The van der Waals surface area contributed by atoms with Gasteiger partial charge in [-0.1, -0.05) is 78.7 Å². The maximum atomic E-state index is 11.2. The molecule has 0 fully saturated rings. The number of esters is 1. The van der Waals surface area contributed by atoms with E-state index in [1.165, 1.54) is 44.9 Å². The quantitative estimate of drug-likeness (QED) is 0.240. The third-order valence-electron chi connectivity index (χ3n) is 4.27. The van der Waals surface area contributed by atoms with Gasteiger partial charge in [0.15, 0.2) is 0 Å². The molecule has 0 rings (SSSR count). The van der Waals surface area contributed by atoms with Gasteiger partial charge in [-0.05, 0) is 25.2 Å². The summed E-state index contributed by atoms with van der Waals surface area (Å²) in [4.78, 5) is 11.2. The van der Waals surface area contributed by atoms with E-state index < -0.39 is 0 Å². The number of carbonyl (C=O) groups excluding carboxylic acids is 1. The molecule has 0 heterocycles. The van der Waals surface area contributed by atoms with Crippen LogP contribution in [-0.2, 0) is 9.53 Å². The van der Waals surface area contributed by atoms with E-state index in [1.54, 1.807) is 6.92 Å². The lowest BCUT2D eigenvalue weighted by molar-refractivity contribution is -0.139. The van der Waals surface area contributed by atoms with Crippen molar-refractivity contribution in [3.8, 4) is 0 Å². The largest absolute Gasteiger partial charge is 0.462 e. The van der Waals surface area contributed by atoms with Crippen LogP contribution >= 0.6 is 0 Å².